The van der Waals surface area contributed by atoms with Gasteiger partial charge in [-0.25, -0.2) is 13.4 Å². The van der Waals surface area contributed by atoms with Gasteiger partial charge in [-0.3, -0.25) is 4.79 Å². The van der Waals surface area contributed by atoms with E-state index in [2.05, 4.69) is 10.3 Å². The molecule has 0 atom stereocenters. The first kappa shape index (κ1) is 18.5. The number of amides is 1. The number of benzene rings is 1. The van der Waals surface area contributed by atoms with Crippen LogP contribution < -0.4 is 5.32 Å². The molecular weight excluding hydrogens is 350 g/mol. The molecule has 1 aliphatic rings. The van der Waals surface area contributed by atoms with Gasteiger partial charge < -0.3 is 5.32 Å². The van der Waals surface area contributed by atoms with Gasteiger partial charge in [0, 0.05) is 24.5 Å². The zero-order chi connectivity index (χ0) is 18.7. The first-order valence-corrected chi connectivity index (χ1v) is 10.2. The summed E-state index contributed by atoms with van der Waals surface area (Å²) in [6.07, 6.45) is 2.83. The molecule has 3 rings (SSSR count). The predicted molar refractivity (Wildman–Crippen MR) is 101 cm³/mol. The summed E-state index contributed by atoms with van der Waals surface area (Å²) < 4.78 is 27.2. The van der Waals surface area contributed by atoms with Crippen LogP contribution in [0.5, 0.6) is 0 Å². The van der Waals surface area contributed by atoms with Gasteiger partial charge in [0.1, 0.15) is 5.69 Å². The highest BCUT2D eigenvalue weighted by atomic mass is 32.2. The molecule has 0 aliphatic carbocycles. The zero-order valence-electron chi connectivity index (χ0n) is 15.0. The van der Waals surface area contributed by atoms with Gasteiger partial charge in [0.2, 0.25) is 10.0 Å². The first-order chi connectivity index (χ1) is 12.4. The van der Waals surface area contributed by atoms with E-state index in [1.165, 1.54) is 10.4 Å². The molecule has 7 heteroatoms. The Labute approximate surface area is 154 Å². The average Bonchev–Trinajstić information content (AvgIpc) is 2.64. The maximum Gasteiger partial charge on any atom is 0.274 e. The Hall–Kier alpha value is -2.25. The van der Waals surface area contributed by atoms with E-state index < -0.39 is 10.0 Å². The van der Waals surface area contributed by atoms with E-state index in [4.69, 9.17) is 0 Å². The number of nitrogens with zero attached hydrogens (tertiary/aromatic N) is 2. The van der Waals surface area contributed by atoms with Gasteiger partial charge in [0.25, 0.3) is 5.91 Å². The average molecular weight is 373 g/mol. The van der Waals surface area contributed by atoms with Crippen LogP contribution in [-0.2, 0) is 10.0 Å². The molecule has 1 fully saturated rings. The fourth-order valence-corrected chi connectivity index (χ4v) is 4.55. The normalized spacial score (nSPS) is 15.6. The standard InChI is InChI=1S/C19H23N3O3S/c1-14-9-10-16(26(24,25)22-11-4-3-5-12-22)13-18(14)21-19(23)17-8-6-7-15(2)20-17/h6-10,13H,3-5,11-12H2,1-2H3,(H,21,23). The SMILES string of the molecule is Cc1cccc(C(=O)Nc2cc(S(=O)(=O)N3CCCCC3)ccc2C)n1. The van der Waals surface area contributed by atoms with E-state index in [-0.39, 0.29) is 10.8 Å². The molecule has 0 saturated carbocycles. The topological polar surface area (TPSA) is 79.4 Å². The van der Waals surface area contributed by atoms with Crippen LogP contribution in [-0.4, -0.2) is 36.7 Å². The van der Waals surface area contributed by atoms with Crippen molar-refractivity contribution >= 4 is 21.6 Å². The summed E-state index contributed by atoms with van der Waals surface area (Å²) in [5, 5.41) is 2.78. The lowest BCUT2D eigenvalue weighted by molar-refractivity contribution is 0.102. The number of hydrogen-bond donors (Lipinski definition) is 1. The Kier molecular flexibility index (Phi) is 5.38. The number of carbonyl (C=O) groups excluding carboxylic acids is 1. The van der Waals surface area contributed by atoms with Crippen molar-refractivity contribution in [3.05, 3.63) is 53.3 Å². The van der Waals surface area contributed by atoms with Gasteiger partial charge in [0.15, 0.2) is 0 Å². The van der Waals surface area contributed by atoms with E-state index in [0.29, 0.717) is 24.5 Å². The lowest BCUT2D eigenvalue weighted by Gasteiger charge is -2.26. The molecule has 0 spiro atoms. The van der Waals surface area contributed by atoms with Gasteiger partial charge in [-0.2, -0.15) is 4.31 Å². The third-order valence-corrected chi connectivity index (χ3v) is 6.43. The van der Waals surface area contributed by atoms with E-state index in [1.807, 2.05) is 19.9 Å². The number of piperidine rings is 1. The summed E-state index contributed by atoms with van der Waals surface area (Å²) in [6.45, 7) is 4.74. The molecule has 138 valence electrons. The number of rotatable bonds is 4. The molecule has 6 nitrogen and oxygen atoms in total. The minimum Gasteiger partial charge on any atom is -0.320 e. The van der Waals surface area contributed by atoms with Crippen molar-refractivity contribution in [1.82, 2.24) is 9.29 Å². The molecule has 2 aromatic rings. The molecule has 2 heterocycles. The molecule has 1 saturated heterocycles. The van der Waals surface area contributed by atoms with Crippen LogP contribution in [0.15, 0.2) is 41.3 Å². The molecule has 26 heavy (non-hydrogen) atoms. The van der Waals surface area contributed by atoms with Gasteiger partial charge in [-0.05, 0) is 56.5 Å². The highest BCUT2D eigenvalue weighted by Crippen LogP contribution is 2.25. The quantitative estimate of drug-likeness (QED) is 0.893. The molecular formula is C19H23N3O3S. The number of aromatic nitrogens is 1. The molecule has 1 aliphatic heterocycles. The Balaban J connectivity index is 1.87. The molecule has 0 bridgehead atoms. The van der Waals surface area contributed by atoms with Crippen LogP contribution in [0, 0.1) is 13.8 Å². The third kappa shape index (κ3) is 3.94. The van der Waals surface area contributed by atoms with Crippen molar-refractivity contribution in [2.24, 2.45) is 0 Å². The largest absolute Gasteiger partial charge is 0.320 e. The van der Waals surface area contributed by atoms with Gasteiger partial charge in [0.05, 0.1) is 4.90 Å². The van der Waals surface area contributed by atoms with E-state index in [1.54, 1.807) is 24.3 Å². The minimum atomic E-state index is -3.54. The number of sulfonamides is 1. The Morgan fingerprint density at radius 1 is 1.08 bits per heavy atom. The van der Waals surface area contributed by atoms with Crippen molar-refractivity contribution < 1.29 is 13.2 Å². The van der Waals surface area contributed by atoms with Crippen molar-refractivity contribution in [2.75, 3.05) is 18.4 Å². The number of anilines is 1. The van der Waals surface area contributed by atoms with Crippen molar-refractivity contribution in [1.29, 1.82) is 0 Å². The molecule has 1 amide bonds. The Morgan fingerprint density at radius 3 is 2.50 bits per heavy atom. The van der Waals surface area contributed by atoms with Crippen LogP contribution in [0.25, 0.3) is 0 Å². The van der Waals surface area contributed by atoms with Crippen molar-refractivity contribution in [3.63, 3.8) is 0 Å². The molecule has 0 radical (unpaired) electrons. The number of hydrogen-bond acceptors (Lipinski definition) is 4. The fourth-order valence-electron chi connectivity index (χ4n) is 3.01. The van der Waals surface area contributed by atoms with Crippen LogP contribution in [0.2, 0.25) is 0 Å². The minimum absolute atomic E-state index is 0.206. The lowest BCUT2D eigenvalue weighted by Crippen LogP contribution is -2.35. The summed E-state index contributed by atoms with van der Waals surface area (Å²) in [5.41, 5.74) is 2.32. The smallest absolute Gasteiger partial charge is 0.274 e. The highest BCUT2D eigenvalue weighted by molar-refractivity contribution is 7.89. The Morgan fingerprint density at radius 2 is 1.81 bits per heavy atom. The molecule has 1 aromatic carbocycles. The van der Waals surface area contributed by atoms with Crippen molar-refractivity contribution in [3.8, 4) is 0 Å². The number of aryl methyl sites for hydroxylation is 2. The maximum absolute atomic E-state index is 12.9. The van der Waals surface area contributed by atoms with Crippen LogP contribution in [0.4, 0.5) is 5.69 Å². The van der Waals surface area contributed by atoms with E-state index in [0.717, 1.165) is 30.5 Å². The van der Waals surface area contributed by atoms with E-state index in [9.17, 15) is 13.2 Å². The van der Waals surface area contributed by atoms with E-state index >= 15 is 0 Å². The summed E-state index contributed by atoms with van der Waals surface area (Å²) in [4.78, 5) is 16.9. The molecule has 1 N–H and O–H groups in total. The van der Waals surface area contributed by atoms with Gasteiger partial charge in [-0.15, -0.1) is 0 Å². The number of pyridine rings is 1. The third-order valence-electron chi connectivity index (χ3n) is 4.53. The van der Waals surface area contributed by atoms with Crippen LogP contribution >= 0.6 is 0 Å². The lowest BCUT2D eigenvalue weighted by atomic mass is 10.2. The highest BCUT2D eigenvalue weighted by Gasteiger charge is 2.26. The fraction of sp³-hybridized carbons (Fsp3) is 0.368. The summed E-state index contributed by atoms with van der Waals surface area (Å²) >= 11 is 0. The van der Waals surface area contributed by atoms with Crippen molar-refractivity contribution in [2.45, 2.75) is 38.0 Å². The second-order valence-corrected chi connectivity index (χ2v) is 8.50. The first-order valence-electron chi connectivity index (χ1n) is 8.74. The Bertz CT molecular complexity index is 919. The second-order valence-electron chi connectivity index (χ2n) is 6.56. The second kappa shape index (κ2) is 7.55. The predicted octanol–water partition coefficient (Wildman–Crippen LogP) is 3.13. The van der Waals surface area contributed by atoms with Gasteiger partial charge in [-0.1, -0.05) is 18.6 Å². The summed E-state index contributed by atoms with van der Waals surface area (Å²) in [5.74, 6) is -0.357. The van der Waals surface area contributed by atoms with Crippen LogP contribution in [0.3, 0.4) is 0 Å². The van der Waals surface area contributed by atoms with Crippen LogP contribution in [0.1, 0.15) is 41.0 Å². The summed E-state index contributed by atoms with van der Waals surface area (Å²) in [6, 6.07) is 10.1. The molecule has 0 unspecified atom stereocenters. The number of nitrogens with one attached hydrogen (secondary N) is 1. The maximum atomic E-state index is 12.9. The number of carbonyl (C=O) groups is 1. The monoisotopic (exact) mass is 373 g/mol. The molecule has 1 aromatic heterocycles. The summed E-state index contributed by atoms with van der Waals surface area (Å²) in [7, 11) is -3.54. The van der Waals surface area contributed by atoms with Gasteiger partial charge >= 0.3 is 0 Å². The zero-order valence-corrected chi connectivity index (χ0v) is 15.8.